The molecule has 3 aromatic rings. The van der Waals surface area contributed by atoms with Crippen molar-refractivity contribution in [1.82, 2.24) is 14.8 Å². The molecule has 0 fully saturated rings. The van der Waals surface area contributed by atoms with Gasteiger partial charge in [-0.25, -0.2) is 0 Å². The van der Waals surface area contributed by atoms with Crippen LogP contribution in [0.25, 0.3) is 5.69 Å². The number of ether oxygens (including phenoxy) is 1. The Bertz CT molecular complexity index is 1050. The maximum atomic E-state index is 12.9. The fraction of sp³-hybridized carbons (Fsp3) is 0.211. The summed E-state index contributed by atoms with van der Waals surface area (Å²) in [5.74, 6) is 0.684. The Morgan fingerprint density at radius 3 is 2.53 bits per heavy atom. The Labute approximate surface area is 179 Å². The molecule has 0 saturated heterocycles. The molecule has 2 aromatic carbocycles. The van der Waals surface area contributed by atoms with E-state index in [0.29, 0.717) is 16.7 Å². The number of aromatic nitrogens is 3. The molecule has 0 atom stereocenters. The third kappa shape index (κ3) is 5.06. The van der Waals surface area contributed by atoms with Crippen LogP contribution in [0.1, 0.15) is 11.4 Å². The van der Waals surface area contributed by atoms with Crippen LogP contribution in [0.4, 0.5) is 18.9 Å². The Morgan fingerprint density at radius 2 is 1.90 bits per heavy atom. The van der Waals surface area contributed by atoms with Crippen molar-refractivity contribution in [3.05, 3.63) is 58.9 Å². The fourth-order valence-corrected chi connectivity index (χ4v) is 3.54. The topological polar surface area (TPSA) is 69.0 Å². The highest BCUT2D eigenvalue weighted by Crippen LogP contribution is 2.34. The molecule has 1 N–H and O–H groups in total. The van der Waals surface area contributed by atoms with E-state index in [4.69, 9.17) is 16.3 Å². The lowest BCUT2D eigenvalue weighted by Gasteiger charge is -2.12. The van der Waals surface area contributed by atoms with E-state index in [2.05, 4.69) is 15.5 Å². The molecule has 0 bridgehead atoms. The molecule has 6 nitrogen and oxygen atoms in total. The predicted octanol–water partition coefficient (Wildman–Crippen LogP) is 4.99. The van der Waals surface area contributed by atoms with Crippen molar-refractivity contribution in [3.63, 3.8) is 0 Å². The van der Waals surface area contributed by atoms with Gasteiger partial charge in [-0.2, -0.15) is 13.2 Å². The molecule has 0 aliphatic heterocycles. The van der Waals surface area contributed by atoms with Gasteiger partial charge in [-0.3, -0.25) is 9.36 Å². The van der Waals surface area contributed by atoms with E-state index >= 15 is 0 Å². The second-order valence-corrected chi connectivity index (χ2v) is 7.44. The highest BCUT2D eigenvalue weighted by Gasteiger charge is 2.31. The van der Waals surface area contributed by atoms with Gasteiger partial charge in [-0.05, 0) is 49.4 Å². The number of aryl methyl sites for hydroxylation is 1. The standard InChI is InChI=1S/C19H16ClF3N4O2S/c1-11-25-26-18(27(11)13-4-6-14(29-2)7-5-13)30-10-17(28)24-16-9-12(19(21,22)23)3-8-15(16)20/h3-9H,10H2,1-2H3,(H,24,28). The minimum atomic E-state index is -4.54. The average Bonchev–Trinajstić information content (AvgIpc) is 3.07. The second-order valence-electron chi connectivity index (χ2n) is 6.09. The van der Waals surface area contributed by atoms with Crippen LogP contribution < -0.4 is 10.1 Å². The van der Waals surface area contributed by atoms with Crippen LogP contribution in [-0.2, 0) is 11.0 Å². The van der Waals surface area contributed by atoms with Crippen molar-refractivity contribution < 1.29 is 22.7 Å². The molecule has 3 rings (SSSR count). The Hall–Kier alpha value is -2.72. The summed E-state index contributed by atoms with van der Waals surface area (Å²) >= 11 is 7.01. The van der Waals surface area contributed by atoms with Gasteiger partial charge in [-0.1, -0.05) is 23.4 Å². The monoisotopic (exact) mass is 456 g/mol. The van der Waals surface area contributed by atoms with E-state index in [1.54, 1.807) is 30.7 Å². The third-order valence-electron chi connectivity index (χ3n) is 4.03. The van der Waals surface area contributed by atoms with Gasteiger partial charge in [0.05, 0.1) is 29.1 Å². The number of nitrogens with one attached hydrogen (secondary N) is 1. The highest BCUT2D eigenvalue weighted by atomic mass is 35.5. The molecule has 1 aromatic heterocycles. The summed E-state index contributed by atoms with van der Waals surface area (Å²) in [6.45, 7) is 1.77. The predicted molar refractivity (Wildman–Crippen MR) is 108 cm³/mol. The number of anilines is 1. The van der Waals surface area contributed by atoms with E-state index in [1.165, 1.54) is 0 Å². The van der Waals surface area contributed by atoms with Gasteiger partial charge in [0, 0.05) is 5.69 Å². The van der Waals surface area contributed by atoms with Crippen molar-refractivity contribution in [1.29, 1.82) is 0 Å². The molecule has 0 radical (unpaired) electrons. The molecule has 30 heavy (non-hydrogen) atoms. The van der Waals surface area contributed by atoms with Gasteiger partial charge in [0.2, 0.25) is 5.91 Å². The van der Waals surface area contributed by atoms with Crippen LogP contribution in [-0.4, -0.2) is 33.5 Å². The molecule has 0 spiro atoms. The van der Waals surface area contributed by atoms with E-state index in [1.807, 2.05) is 12.1 Å². The first-order valence-corrected chi connectivity index (χ1v) is 9.91. The van der Waals surface area contributed by atoms with Gasteiger partial charge in [-0.15, -0.1) is 10.2 Å². The number of carbonyl (C=O) groups excluding carboxylic acids is 1. The summed E-state index contributed by atoms with van der Waals surface area (Å²) in [5.41, 5.74) is -0.225. The van der Waals surface area contributed by atoms with Crippen LogP contribution in [0.5, 0.6) is 5.75 Å². The molecule has 0 unspecified atom stereocenters. The molecule has 0 aliphatic carbocycles. The Balaban J connectivity index is 1.72. The first-order valence-electron chi connectivity index (χ1n) is 8.55. The van der Waals surface area contributed by atoms with Gasteiger partial charge in [0.25, 0.3) is 0 Å². The number of methoxy groups -OCH3 is 1. The number of amides is 1. The Morgan fingerprint density at radius 1 is 1.20 bits per heavy atom. The normalized spacial score (nSPS) is 11.4. The van der Waals surface area contributed by atoms with Crippen LogP contribution >= 0.6 is 23.4 Å². The molecule has 11 heteroatoms. The summed E-state index contributed by atoms with van der Waals surface area (Å²) in [7, 11) is 1.57. The minimum Gasteiger partial charge on any atom is -0.497 e. The zero-order valence-electron chi connectivity index (χ0n) is 15.8. The second kappa shape index (κ2) is 8.97. The number of alkyl halides is 3. The summed E-state index contributed by atoms with van der Waals surface area (Å²) in [6, 6.07) is 9.96. The number of carbonyl (C=O) groups is 1. The number of halogens is 4. The van der Waals surface area contributed by atoms with E-state index in [-0.39, 0.29) is 16.5 Å². The van der Waals surface area contributed by atoms with E-state index in [9.17, 15) is 18.0 Å². The average molecular weight is 457 g/mol. The van der Waals surface area contributed by atoms with Crippen LogP contribution in [0.15, 0.2) is 47.6 Å². The molecule has 1 amide bonds. The molecule has 158 valence electrons. The van der Waals surface area contributed by atoms with Crippen LogP contribution in [0.3, 0.4) is 0 Å². The summed E-state index contributed by atoms with van der Waals surface area (Å²) in [6.07, 6.45) is -4.54. The first kappa shape index (κ1) is 22.0. The van der Waals surface area contributed by atoms with E-state index in [0.717, 1.165) is 35.6 Å². The summed E-state index contributed by atoms with van der Waals surface area (Å²) < 4.78 is 45.5. The zero-order chi connectivity index (χ0) is 21.9. The molecule has 0 aliphatic rings. The summed E-state index contributed by atoms with van der Waals surface area (Å²) in [4.78, 5) is 12.3. The SMILES string of the molecule is COc1ccc(-n2c(C)nnc2SCC(=O)Nc2cc(C(F)(F)F)ccc2Cl)cc1. The summed E-state index contributed by atoms with van der Waals surface area (Å²) in [5, 5.41) is 11.0. The molecule has 0 saturated carbocycles. The van der Waals surface area contributed by atoms with Crippen molar-refractivity contribution in [3.8, 4) is 11.4 Å². The van der Waals surface area contributed by atoms with Crippen molar-refractivity contribution in [2.45, 2.75) is 18.3 Å². The molecule has 1 heterocycles. The quantitative estimate of drug-likeness (QED) is 0.529. The lowest BCUT2D eigenvalue weighted by Crippen LogP contribution is -2.16. The zero-order valence-corrected chi connectivity index (χ0v) is 17.4. The third-order valence-corrected chi connectivity index (χ3v) is 5.28. The number of hydrogen-bond acceptors (Lipinski definition) is 5. The maximum absolute atomic E-state index is 12.9. The number of hydrogen-bond donors (Lipinski definition) is 1. The number of thioether (sulfide) groups is 1. The van der Waals surface area contributed by atoms with Crippen molar-refractivity contribution in [2.24, 2.45) is 0 Å². The number of benzene rings is 2. The largest absolute Gasteiger partial charge is 0.497 e. The highest BCUT2D eigenvalue weighted by molar-refractivity contribution is 7.99. The van der Waals surface area contributed by atoms with Crippen LogP contribution in [0, 0.1) is 6.92 Å². The smallest absolute Gasteiger partial charge is 0.416 e. The number of rotatable bonds is 6. The lowest BCUT2D eigenvalue weighted by atomic mass is 10.2. The maximum Gasteiger partial charge on any atom is 0.416 e. The van der Waals surface area contributed by atoms with Gasteiger partial charge in [0.15, 0.2) is 5.16 Å². The van der Waals surface area contributed by atoms with Crippen LogP contribution in [0.2, 0.25) is 5.02 Å². The van der Waals surface area contributed by atoms with Gasteiger partial charge < -0.3 is 10.1 Å². The molecular formula is C19H16ClF3N4O2S. The molecular weight excluding hydrogens is 441 g/mol. The van der Waals surface area contributed by atoms with Crippen molar-refractivity contribution in [2.75, 3.05) is 18.2 Å². The minimum absolute atomic E-state index is 0.0126. The first-order chi connectivity index (χ1) is 14.2. The Kier molecular flexibility index (Phi) is 6.57. The van der Waals surface area contributed by atoms with Crippen molar-refractivity contribution >= 4 is 35.0 Å². The fourth-order valence-electron chi connectivity index (χ4n) is 2.58. The van der Waals surface area contributed by atoms with Gasteiger partial charge >= 0.3 is 6.18 Å². The lowest BCUT2D eigenvalue weighted by molar-refractivity contribution is -0.137. The van der Waals surface area contributed by atoms with E-state index < -0.39 is 17.6 Å². The van der Waals surface area contributed by atoms with Gasteiger partial charge in [0.1, 0.15) is 11.6 Å². The number of nitrogens with zero attached hydrogens (tertiary/aromatic N) is 3.